The number of nitrogens with zero attached hydrogens (tertiary/aromatic N) is 2. The summed E-state index contributed by atoms with van der Waals surface area (Å²) in [5, 5.41) is 4.39. The molecule has 1 aromatic heterocycles. The molecule has 0 saturated carbocycles. The molecule has 0 fully saturated rings. The molecule has 0 amide bonds. The maximum atomic E-state index is 4.79. The quantitative estimate of drug-likeness (QED) is 0.795. The van der Waals surface area contributed by atoms with Gasteiger partial charge in [-0.1, -0.05) is 13.8 Å². The van der Waals surface area contributed by atoms with E-state index in [2.05, 4.69) is 37.4 Å². The summed E-state index contributed by atoms with van der Waals surface area (Å²) in [6.45, 7) is 5.35. The molecule has 0 saturated heterocycles. The molecule has 5 heteroatoms. The zero-order valence-corrected chi connectivity index (χ0v) is 13.7. The van der Waals surface area contributed by atoms with E-state index >= 15 is 0 Å². The van der Waals surface area contributed by atoms with Gasteiger partial charge in [0.15, 0.2) is 5.13 Å². The summed E-state index contributed by atoms with van der Waals surface area (Å²) in [5.74, 6) is 1.16. The summed E-state index contributed by atoms with van der Waals surface area (Å²) in [6, 6.07) is 0.582. The fourth-order valence-electron chi connectivity index (χ4n) is 1.95. The SMILES string of the molecule is CCc1nc(N(C)C(CC)CSC)sc1CNC. The molecule has 1 rings (SSSR count). The number of aromatic nitrogens is 1. The van der Waals surface area contributed by atoms with Crippen LogP contribution < -0.4 is 10.2 Å². The lowest BCUT2D eigenvalue weighted by molar-refractivity contribution is 0.670. The van der Waals surface area contributed by atoms with Gasteiger partial charge in [-0.3, -0.25) is 0 Å². The van der Waals surface area contributed by atoms with E-state index < -0.39 is 0 Å². The summed E-state index contributed by atoms with van der Waals surface area (Å²) in [6.07, 6.45) is 4.35. The second-order valence-electron chi connectivity index (χ2n) is 4.38. The van der Waals surface area contributed by atoms with Crippen molar-refractivity contribution >= 4 is 28.2 Å². The molecule has 104 valence electrons. The van der Waals surface area contributed by atoms with Crippen LogP contribution in [0.15, 0.2) is 0 Å². The fraction of sp³-hybridized carbons (Fsp3) is 0.769. The number of nitrogens with one attached hydrogen (secondary N) is 1. The molecular weight excluding hydrogens is 262 g/mol. The molecular formula is C13H25N3S2. The Bertz CT molecular complexity index is 352. The van der Waals surface area contributed by atoms with Crippen LogP contribution in [0.25, 0.3) is 0 Å². The van der Waals surface area contributed by atoms with E-state index in [0.29, 0.717) is 6.04 Å². The van der Waals surface area contributed by atoms with E-state index in [0.717, 1.165) is 23.8 Å². The Kier molecular flexibility index (Phi) is 7.04. The van der Waals surface area contributed by atoms with Crippen LogP contribution in [0.5, 0.6) is 0 Å². The topological polar surface area (TPSA) is 28.2 Å². The summed E-state index contributed by atoms with van der Waals surface area (Å²) in [7, 11) is 4.16. The zero-order valence-electron chi connectivity index (χ0n) is 12.1. The molecule has 0 aliphatic carbocycles. The molecule has 18 heavy (non-hydrogen) atoms. The Morgan fingerprint density at radius 1 is 1.44 bits per heavy atom. The number of thioether (sulfide) groups is 1. The Hall–Kier alpha value is -0.260. The van der Waals surface area contributed by atoms with Crippen LogP contribution in [0.3, 0.4) is 0 Å². The van der Waals surface area contributed by atoms with Crippen LogP contribution in [0.1, 0.15) is 30.8 Å². The van der Waals surface area contributed by atoms with Crippen molar-refractivity contribution < 1.29 is 0 Å². The van der Waals surface area contributed by atoms with Crippen molar-refractivity contribution in [1.82, 2.24) is 10.3 Å². The number of aryl methyl sites for hydroxylation is 1. The van der Waals surface area contributed by atoms with Crippen molar-refractivity contribution in [2.45, 2.75) is 39.3 Å². The molecule has 1 N–H and O–H groups in total. The lowest BCUT2D eigenvalue weighted by Crippen LogP contribution is -2.33. The first-order chi connectivity index (χ1) is 8.67. The second kappa shape index (κ2) is 8.02. The minimum Gasteiger partial charge on any atom is -0.347 e. The minimum absolute atomic E-state index is 0.582. The van der Waals surface area contributed by atoms with E-state index in [1.54, 1.807) is 0 Å². The van der Waals surface area contributed by atoms with Gasteiger partial charge in [-0.2, -0.15) is 11.8 Å². The highest BCUT2D eigenvalue weighted by molar-refractivity contribution is 7.98. The van der Waals surface area contributed by atoms with Gasteiger partial charge in [0.05, 0.1) is 5.69 Å². The van der Waals surface area contributed by atoms with Crippen LogP contribution in [0.4, 0.5) is 5.13 Å². The highest BCUT2D eigenvalue weighted by atomic mass is 32.2. The van der Waals surface area contributed by atoms with Gasteiger partial charge < -0.3 is 10.2 Å². The number of thiazole rings is 1. The lowest BCUT2D eigenvalue weighted by Gasteiger charge is -2.26. The first-order valence-electron chi connectivity index (χ1n) is 6.52. The van der Waals surface area contributed by atoms with Gasteiger partial charge >= 0.3 is 0 Å². The van der Waals surface area contributed by atoms with Gasteiger partial charge in [-0.15, -0.1) is 11.3 Å². The highest BCUT2D eigenvalue weighted by Gasteiger charge is 2.18. The maximum Gasteiger partial charge on any atom is 0.185 e. The number of hydrogen-bond donors (Lipinski definition) is 1. The van der Waals surface area contributed by atoms with Crippen molar-refractivity contribution in [2.75, 3.05) is 31.0 Å². The number of rotatable bonds is 8. The first-order valence-corrected chi connectivity index (χ1v) is 8.73. The third kappa shape index (κ3) is 3.87. The van der Waals surface area contributed by atoms with Crippen molar-refractivity contribution in [3.63, 3.8) is 0 Å². The molecule has 3 nitrogen and oxygen atoms in total. The Morgan fingerprint density at radius 3 is 2.67 bits per heavy atom. The smallest absolute Gasteiger partial charge is 0.185 e. The van der Waals surface area contributed by atoms with Crippen molar-refractivity contribution in [2.24, 2.45) is 0 Å². The predicted molar refractivity (Wildman–Crippen MR) is 85.1 cm³/mol. The van der Waals surface area contributed by atoms with Crippen molar-refractivity contribution in [1.29, 1.82) is 0 Å². The van der Waals surface area contributed by atoms with Gasteiger partial charge in [0.2, 0.25) is 0 Å². The fourth-order valence-corrected chi connectivity index (χ4v) is 3.99. The summed E-state index contributed by atoms with van der Waals surface area (Å²) in [4.78, 5) is 8.52. The van der Waals surface area contributed by atoms with Crippen LogP contribution >= 0.6 is 23.1 Å². The first kappa shape index (κ1) is 15.8. The monoisotopic (exact) mass is 287 g/mol. The average molecular weight is 287 g/mol. The Labute approximate surface area is 119 Å². The Morgan fingerprint density at radius 2 is 2.17 bits per heavy atom. The van der Waals surface area contributed by atoms with Gasteiger partial charge in [0.25, 0.3) is 0 Å². The van der Waals surface area contributed by atoms with Crippen molar-refractivity contribution in [3.05, 3.63) is 10.6 Å². The predicted octanol–water partition coefficient (Wildman–Crippen LogP) is 3.00. The highest BCUT2D eigenvalue weighted by Crippen LogP contribution is 2.28. The van der Waals surface area contributed by atoms with Crippen LogP contribution in [-0.2, 0) is 13.0 Å². The van der Waals surface area contributed by atoms with Crippen LogP contribution in [0.2, 0.25) is 0 Å². The zero-order chi connectivity index (χ0) is 13.5. The molecule has 1 aromatic rings. The largest absolute Gasteiger partial charge is 0.347 e. The summed E-state index contributed by atoms with van der Waals surface area (Å²) in [5.41, 5.74) is 1.25. The van der Waals surface area contributed by atoms with Gasteiger partial charge in [-0.25, -0.2) is 4.98 Å². The van der Waals surface area contributed by atoms with E-state index in [9.17, 15) is 0 Å². The minimum atomic E-state index is 0.582. The van der Waals surface area contributed by atoms with Crippen LogP contribution in [0, 0.1) is 0 Å². The van der Waals surface area contributed by atoms with E-state index in [-0.39, 0.29) is 0 Å². The van der Waals surface area contributed by atoms with E-state index in [1.165, 1.54) is 17.0 Å². The molecule has 0 spiro atoms. The standard InChI is InChI=1S/C13H25N3S2/c1-6-10(9-17-5)16(4)13-15-11(7-2)12(18-13)8-14-3/h10,14H,6-9H2,1-5H3. The second-order valence-corrected chi connectivity index (χ2v) is 6.35. The van der Waals surface area contributed by atoms with E-state index in [4.69, 9.17) is 4.98 Å². The summed E-state index contributed by atoms with van der Waals surface area (Å²) >= 11 is 3.74. The lowest BCUT2D eigenvalue weighted by atomic mass is 10.2. The molecule has 1 heterocycles. The third-order valence-corrected chi connectivity index (χ3v) is 5.03. The van der Waals surface area contributed by atoms with Gasteiger partial charge in [-0.05, 0) is 26.1 Å². The molecule has 0 aliphatic rings. The number of anilines is 1. The molecule has 1 unspecified atom stereocenters. The van der Waals surface area contributed by atoms with E-state index in [1.807, 2.05) is 30.1 Å². The maximum absolute atomic E-state index is 4.79. The van der Waals surface area contributed by atoms with Gasteiger partial charge in [0, 0.05) is 30.3 Å². The average Bonchev–Trinajstić information content (AvgIpc) is 2.78. The molecule has 0 bridgehead atoms. The normalized spacial score (nSPS) is 12.7. The van der Waals surface area contributed by atoms with Gasteiger partial charge in [0.1, 0.15) is 0 Å². The summed E-state index contributed by atoms with van der Waals surface area (Å²) < 4.78 is 0. The van der Waals surface area contributed by atoms with Crippen molar-refractivity contribution in [3.8, 4) is 0 Å². The molecule has 0 aliphatic heterocycles. The van der Waals surface area contributed by atoms with Crippen LogP contribution in [-0.4, -0.2) is 37.1 Å². The number of hydrogen-bond acceptors (Lipinski definition) is 5. The Balaban J connectivity index is 2.87. The molecule has 0 radical (unpaired) electrons. The molecule has 1 atom stereocenters. The third-order valence-electron chi connectivity index (χ3n) is 3.12. The molecule has 0 aromatic carbocycles.